The molecule has 0 amide bonds. The second-order valence-corrected chi connectivity index (χ2v) is 6.78. The van der Waals surface area contributed by atoms with Crippen LogP contribution in [0.15, 0.2) is 36.9 Å². The molecule has 0 N–H and O–H groups in total. The maximum absolute atomic E-state index is 5.60. The van der Waals surface area contributed by atoms with Crippen LogP contribution in [0.4, 0.5) is 0 Å². The number of hydrogen-bond donors (Lipinski definition) is 0. The minimum absolute atomic E-state index is 0.00610. The zero-order chi connectivity index (χ0) is 19.8. The zero-order valence-electron chi connectivity index (χ0n) is 16.8. The Morgan fingerprint density at radius 3 is 2.57 bits per heavy atom. The van der Waals surface area contributed by atoms with Crippen LogP contribution in [0.1, 0.15) is 24.4 Å². The minimum atomic E-state index is -0.00610. The van der Waals surface area contributed by atoms with Gasteiger partial charge in [-0.15, -0.1) is 11.7 Å². The van der Waals surface area contributed by atoms with E-state index in [1.807, 2.05) is 29.8 Å². The second-order valence-electron chi connectivity index (χ2n) is 6.78. The van der Waals surface area contributed by atoms with Crippen LogP contribution < -0.4 is 4.74 Å². The van der Waals surface area contributed by atoms with Gasteiger partial charge in [0.25, 0.3) is 0 Å². The number of rotatable bonds is 10. The molecule has 0 unspecified atom stereocenters. The summed E-state index contributed by atoms with van der Waals surface area (Å²) in [5.74, 6) is 1.72. The molecular weight excluding hydrogens is 356 g/mol. The summed E-state index contributed by atoms with van der Waals surface area (Å²) < 4.78 is 12.7. The van der Waals surface area contributed by atoms with Gasteiger partial charge in [0.15, 0.2) is 5.82 Å². The van der Waals surface area contributed by atoms with E-state index >= 15 is 0 Å². The van der Waals surface area contributed by atoms with Crippen molar-refractivity contribution in [3.8, 4) is 5.75 Å². The van der Waals surface area contributed by atoms with Gasteiger partial charge in [-0.3, -0.25) is 9.80 Å². The summed E-state index contributed by atoms with van der Waals surface area (Å²) in [7, 11) is 1.69. The summed E-state index contributed by atoms with van der Waals surface area (Å²) in [5, 5.41) is 12.5. The topological polar surface area (TPSA) is 68.5 Å². The first-order valence-electron chi connectivity index (χ1n) is 9.81. The summed E-state index contributed by atoms with van der Waals surface area (Å²) in [4.78, 5) is 4.86. The van der Waals surface area contributed by atoms with Crippen molar-refractivity contribution in [3.05, 3.63) is 48.3 Å². The van der Waals surface area contributed by atoms with Gasteiger partial charge in [0, 0.05) is 39.8 Å². The molecule has 0 bridgehead atoms. The standard InChI is InChI=1S/C20H30N6O2/c1-4-10-24-11-13-25(14-12-24)19(17-6-8-18(9-7-17)28-5-2)20-21-22-23-26(20)15-16-27-3/h4,6-9,19H,1,5,10-16H2,2-3H3/t19-/m1/s1. The highest BCUT2D eigenvalue weighted by Gasteiger charge is 2.30. The van der Waals surface area contributed by atoms with E-state index in [2.05, 4.69) is 44.0 Å². The monoisotopic (exact) mass is 386 g/mol. The lowest BCUT2D eigenvalue weighted by Gasteiger charge is -2.38. The molecule has 1 fully saturated rings. The van der Waals surface area contributed by atoms with Crippen LogP contribution >= 0.6 is 0 Å². The summed E-state index contributed by atoms with van der Waals surface area (Å²) >= 11 is 0. The van der Waals surface area contributed by atoms with Crippen molar-refractivity contribution < 1.29 is 9.47 Å². The van der Waals surface area contributed by atoms with E-state index in [1.54, 1.807) is 7.11 Å². The van der Waals surface area contributed by atoms with E-state index in [0.29, 0.717) is 19.8 Å². The number of aromatic nitrogens is 4. The first kappa shape index (κ1) is 20.4. The number of benzene rings is 1. The van der Waals surface area contributed by atoms with Crippen molar-refractivity contribution in [1.82, 2.24) is 30.0 Å². The lowest BCUT2D eigenvalue weighted by atomic mass is 10.0. The molecular formula is C20H30N6O2. The minimum Gasteiger partial charge on any atom is -0.494 e. The van der Waals surface area contributed by atoms with Gasteiger partial charge in [0.2, 0.25) is 0 Å². The summed E-state index contributed by atoms with van der Waals surface area (Å²) in [6.45, 7) is 12.5. The third-order valence-corrected chi connectivity index (χ3v) is 4.98. The maximum atomic E-state index is 5.60. The second kappa shape index (κ2) is 10.3. The van der Waals surface area contributed by atoms with Crippen LogP contribution in [0.5, 0.6) is 5.75 Å². The summed E-state index contributed by atoms with van der Waals surface area (Å²) in [5.41, 5.74) is 1.16. The number of methoxy groups -OCH3 is 1. The van der Waals surface area contributed by atoms with E-state index < -0.39 is 0 Å². The SMILES string of the molecule is C=CCN1CCN([C@H](c2ccc(OCC)cc2)c2nnnn2CCOC)CC1. The Labute approximate surface area is 166 Å². The molecule has 2 heterocycles. The van der Waals surface area contributed by atoms with Crippen LogP contribution in [0, 0.1) is 0 Å². The van der Waals surface area contributed by atoms with Crippen molar-refractivity contribution >= 4 is 0 Å². The van der Waals surface area contributed by atoms with Crippen LogP contribution in [0.2, 0.25) is 0 Å². The number of hydrogen-bond acceptors (Lipinski definition) is 7. The first-order chi connectivity index (χ1) is 13.8. The number of piperazine rings is 1. The fourth-order valence-electron chi connectivity index (χ4n) is 3.57. The largest absolute Gasteiger partial charge is 0.494 e. The zero-order valence-corrected chi connectivity index (χ0v) is 16.8. The smallest absolute Gasteiger partial charge is 0.173 e. The molecule has 1 saturated heterocycles. The van der Waals surface area contributed by atoms with Crippen molar-refractivity contribution in [2.45, 2.75) is 19.5 Å². The highest BCUT2D eigenvalue weighted by Crippen LogP contribution is 2.29. The lowest BCUT2D eigenvalue weighted by Crippen LogP contribution is -2.48. The van der Waals surface area contributed by atoms with E-state index in [1.165, 1.54) is 0 Å². The van der Waals surface area contributed by atoms with Gasteiger partial charge in [-0.25, -0.2) is 4.68 Å². The van der Waals surface area contributed by atoms with E-state index in [0.717, 1.165) is 49.9 Å². The number of tetrazole rings is 1. The molecule has 28 heavy (non-hydrogen) atoms. The maximum Gasteiger partial charge on any atom is 0.173 e. The molecule has 0 aliphatic carbocycles. The molecule has 1 aliphatic rings. The van der Waals surface area contributed by atoms with Crippen LogP contribution in [-0.2, 0) is 11.3 Å². The third-order valence-electron chi connectivity index (χ3n) is 4.98. The highest BCUT2D eigenvalue weighted by molar-refractivity contribution is 5.32. The van der Waals surface area contributed by atoms with Crippen LogP contribution in [-0.4, -0.2) is 83.1 Å². The molecule has 0 saturated carbocycles. The van der Waals surface area contributed by atoms with Gasteiger partial charge < -0.3 is 9.47 Å². The molecule has 8 nitrogen and oxygen atoms in total. The quantitative estimate of drug-likeness (QED) is 0.575. The first-order valence-corrected chi connectivity index (χ1v) is 9.81. The van der Waals surface area contributed by atoms with Crippen LogP contribution in [0.25, 0.3) is 0 Å². The lowest BCUT2D eigenvalue weighted by molar-refractivity contribution is 0.111. The Hall–Kier alpha value is -2.29. The Balaban J connectivity index is 1.86. The Kier molecular flexibility index (Phi) is 7.53. The fraction of sp³-hybridized carbons (Fsp3) is 0.550. The number of ether oxygens (including phenoxy) is 2. The van der Waals surface area contributed by atoms with Gasteiger partial charge in [-0.2, -0.15) is 0 Å². The average molecular weight is 387 g/mol. The van der Waals surface area contributed by atoms with Gasteiger partial charge in [0.05, 0.1) is 25.8 Å². The highest BCUT2D eigenvalue weighted by atomic mass is 16.5. The molecule has 1 atom stereocenters. The molecule has 0 spiro atoms. The van der Waals surface area contributed by atoms with Crippen molar-refractivity contribution in [2.24, 2.45) is 0 Å². The normalized spacial score (nSPS) is 16.8. The van der Waals surface area contributed by atoms with Gasteiger partial charge in [-0.1, -0.05) is 18.2 Å². The molecule has 3 rings (SSSR count). The van der Waals surface area contributed by atoms with E-state index in [9.17, 15) is 0 Å². The summed E-state index contributed by atoms with van der Waals surface area (Å²) in [6, 6.07) is 8.25. The molecule has 2 aromatic rings. The van der Waals surface area contributed by atoms with Crippen molar-refractivity contribution in [3.63, 3.8) is 0 Å². The van der Waals surface area contributed by atoms with Crippen LogP contribution in [0.3, 0.4) is 0 Å². The molecule has 1 aromatic carbocycles. The Morgan fingerprint density at radius 1 is 1.18 bits per heavy atom. The van der Waals surface area contributed by atoms with Gasteiger partial charge >= 0.3 is 0 Å². The predicted octanol–water partition coefficient (Wildman–Crippen LogP) is 1.61. The molecule has 1 aromatic heterocycles. The molecule has 152 valence electrons. The fourth-order valence-corrected chi connectivity index (χ4v) is 3.57. The average Bonchev–Trinajstić information content (AvgIpc) is 3.18. The molecule has 0 radical (unpaired) electrons. The predicted molar refractivity (Wildman–Crippen MR) is 107 cm³/mol. The Morgan fingerprint density at radius 2 is 1.93 bits per heavy atom. The molecule has 1 aliphatic heterocycles. The third kappa shape index (κ3) is 4.95. The molecule has 8 heteroatoms. The van der Waals surface area contributed by atoms with Gasteiger partial charge in [0.1, 0.15) is 5.75 Å². The van der Waals surface area contributed by atoms with E-state index in [4.69, 9.17) is 9.47 Å². The van der Waals surface area contributed by atoms with Crippen molar-refractivity contribution in [2.75, 3.05) is 53.0 Å². The Bertz CT molecular complexity index is 725. The van der Waals surface area contributed by atoms with E-state index in [-0.39, 0.29) is 6.04 Å². The number of nitrogens with zero attached hydrogens (tertiary/aromatic N) is 6. The van der Waals surface area contributed by atoms with Crippen molar-refractivity contribution in [1.29, 1.82) is 0 Å². The summed E-state index contributed by atoms with van der Waals surface area (Å²) in [6.07, 6.45) is 1.96. The van der Waals surface area contributed by atoms with Gasteiger partial charge in [-0.05, 0) is 35.0 Å².